The van der Waals surface area contributed by atoms with Crippen LogP contribution in [-0.4, -0.2) is 6.29 Å². The normalized spacial score (nSPS) is 10.4. The molecule has 0 aliphatic rings. The molecule has 0 spiro atoms. The predicted octanol–water partition coefficient (Wildman–Crippen LogP) is 3.10. The lowest BCUT2D eigenvalue weighted by atomic mass is 10.0. The van der Waals surface area contributed by atoms with Gasteiger partial charge < -0.3 is 0 Å². The Labute approximate surface area is 81.2 Å². The standard InChI is InChI=1S/C12H9FO/c1-8-5-6-10-9(11(8)7-14)3-2-4-12(10)13/h2-7H,1H3. The third kappa shape index (κ3) is 1.20. The number of benzene rings is 2. The van der Waals surface area contributed by atoms with Gasteiger partial charge in [-0.25, -0.2) is 4.39 Å². The van der Waals surface area contributed by atoms with Gasteiger partial charge in [0.2, 0.25) is 0 Å². The van der Waals surface area contributed by atoms with Crippen molar-refractivity contribution in [2.75, 3.05) is 0 Å². The second-order valence-corrected chi connectivity index (χ2v) is 3.25. The topological polar surface area (TPSA) is 17.1 Å². The highest BCUT2D eigenvalue weighted by atomic mass is 19.1. The number of carbonyl (C=O) groups excluding carboxylic acids is 1. The predicted molar refractivity (Wildman–Crippen MR) is 54.0 cm³/mol. The zero-order valence-corrected chi connectivity index (χ0v) is 7.75. The van der Waals surface area contributed by atoms with Crippen LogP contribution in [0.3, 0.4) is 0 Å². The fraction of sp³-hybridized carbons (Fsp3) is 0.0833. The summed E-state index contributed by atoms with van der Waals surface area (Å²) in [5.41, 5.74) is 1.44. The highest BCUT2D eigenvalue weighted by Gasteiger charge is 2.06. The zero-order valence-electron chi connectivity index (χ0n) is 7.75. The van der Waals surface area contributed by atoms with Gasteiger partial charge in [-0.3, -0.25) is 4.79 Å². The van der Waals surface area contributed by atoms with Crippen molar-refractivity contribution in [2.24, 2.45) is 0 Å². The molecule has 0 heterocycles. The van der Waals surface area contributed by atoms with Crippen LogP contribution in [0.1, 0.15) is 15.9 Å². The second kappa shape index (κ2) is 3.22. The van der Waals surface area contributed by atoms with Gasteiger partial charge in [0.25, 0.3) is 0 Å². The van der Waals surface area contributed by atoms with Crippen molar-refractivity contribution in [3.63, 3.8) is 0 Å². The van der Waals surface area contributed by atoms with Gasteiger partial charge in [0.1, 0.15) is 5.82 Å². The van der Waals surface area contributed by atoms with E-state index in [4.69, 9.17) is 0 Å². The maximum atomic E-state index is 13.3. The summed E-state index contributed by atoms with van der Waals surface area (Å²) in [6, 6.07) is 8.23. The van der Waals surface area contributed by atoms with Crippen LogP contribution < -0.4 is 0 Å². The average Bonchev–Trinajstić information content (AvgIpc) is 2.18. The summed E-state index contributed by atoms with van der Waals surface area (Å²) < 4.78 is 13.3. The van der Waals surface area contributed by atoms with Crippen LogP contribution in [0, 0.1) is 12.7 Å². The van der Waals surface area contributed by atoms with Crippen LogP contribution in [0.15, 0.2) is 30.3 Å². The molecule has 0 aromatic heterocycles. The summed E-state index contributed by atoms with van der Waals surface area (Å²) >= 11 is 0. The largest absolute Gasteiger partial charge is 0.298 e. The molecule has 0 fully saturated rings. The molecule has 14 heavy (non-hydrogen) atoms. The van der Waals surface area contributed by atoms with Crippen molar-refractivity contribution in [1.82, 2.24) is 0 Å². The molecular formula is C12H9FO. The van der Waals surface area contributed by atoms with Crippen LogP contribution in [0.25, 0.3) is 10.8 Å². The summed E-state index contributed by atoms with van der Waals surface area (Å²) in [7, 11) is 0. The van der Waals surface area contributed by atoms with Gasteiger partial charge in [-0.15, -0.1) is 0 Å². The number of carbonyl (C=O) groups is 1. The van der Waals surface area contributed by atoms with Crippen molar-refractivity contribution < 1.29 is 9.18 Å². The van der Waals surface area contributed by atoms with Gasteiger partial charge in [-0.05, 0) is 23.9 Å². The third-order valence-corrected chi connectivity index (χ3v) is 2.39. The number of aldehydes is 1. The Kier molecular flexibility index (Phi) is 2.04. The molecule has 0 atom stereocenters. The molecular weight excluding hydrogens is 179 g/mol. The molecule has 0 radical (unpaired) electrons. The fourth-order valence-corrected chi connectivity index (χ4v) is 1.61. The highest BCUT2D eigenvalue weighted by Crippen LogP contribution is 2.22. The Bertz CT molecular complexity index is 503. The number of hydrogen-bond donors (Lipinski definition) is 0. The van der Waals surface area contributed by atoms with Gasteiger partial charge in [-0.2, -0.15) is 0 Å². The van der Waals surface area contributed by atoms with Crippen molar-refractivity contribution in [2.45, 2.75) is 6.92 Å². The first-order chi connectivity index (χ1) is 6.74. The van der Waals surface area contributed by atoms with E-state index in [0.29, 0.717) is 16.3 Å². The molecule has 0 bridgehead atoms. The third-order valence-electron chi connectivity index (χ3n) is 2.39. The molecule has 70 valence electrons. The lowest BCUT2D eigenvalue weighted by Crippen LogP contribution is -1.90. The van der Waals surface area contributed by atoms with Gasteiger partial charge in [0.05, 0.1) is 0 Å². The van der Waals surface area contributed by atoms with E-state index in [1.165, 1.54) is 6.07 Å². The van der Waals surface area contributed by atoms with Gasteiger partial charge in [0, 0.05) is 10.9 Å². The summed E-state index contributed by atoms with van der Waals surface area (Å²) in [5, 5.41) is 1.18. The Hall–Kier alpha value is -1.70. The number of halogens is 1. The number of rotatable bonds is 1. The van der Waals surface area contributed by atoms with E-state index in [1.807, 2.05) is 6.92 Å². The number of fused-ring (bicyclic) bond motifs is 1. The Balaban J connectivity index is 2.95. The molecule has 0 unspecified atom stereocenters. The Morgan fingerprint density at radius 1 is 1.14 bits per heavy atom. The van der Waals surface area contributed by atoms with Crippen molar-refractivity contribution in [3.8, 4) is 0 Å². The minimum atomic E-state index is -0.286. The zero-order chi connectivity index (χ0) is 10.1. The van der Waals surface area contributed by atoms with Crippen LogP contribution in [-0.2, 0) is 0 Å². The van der Waals surface area contributed by atoms with Crippen LogP contribution in [0.2, 0.25) is 0 Å². The second-order valence-electron chi connectivity index (χ2n) is 3.25. The molecule has 0 saturated carbocycles. The maximum Gasteiger partial charge on any atom is 0.150 e. The quantitative estimate of drug-likeness (QED) is 0.628. The van der Waals surface area contributed by atoms with Gasteiger partial charge in [0.15, 0.2) is 6.29 Å². The summed E-state index contributed by atoms with van der Waals surface area (Å²) in [4.78, 5) is 10.8. The minimum Gasteiger partial charge on any atom is -0.298 e. The van der Waals surface area contributed by atoms with Crippen LogP contribution in [0.5, 0.6) is 0 Å². The van der Waals surface area contributed by atoms with E-state index in [2.05, 4.69) is 0 Å². The van der Waals surface area contributed by atoms with E-state index in [1.54, 1.807) is 24.3 Å². The number of aryl methyl sites for hydroxylation is 1. The first kappa shape index (κ1) is 8.88. The summed E-state index contributed by atoms with van der Waals surface area (Å²) in [6.45, 7) is 1.84. The molecule has 0 amide bonds. The van der Waals surface area contributed by atoms with Crippen molar-refractivity contribution in [3.05, 3.63) is 47.3 Å². The van der Waals surface area contributed by atoms with E-state index >= 15 is 0 Å². The van der Waals surface area contributed by atoms with Crippen LogP contribution in [0.4, 0.5) is 4.39 Å². The molecule has 0 aliphatic carbocycles. The van der Waals surface area contributed by atoms with Gasteiger partial charge >= 0.3 is 0 Å². The van der Waals surface area contributed by atoms with Crippen LogP contribution >= 0.6 is 0 Å². The van der Waals surface area contributed by atoms with E-state index in [-0.39, 0.29) is 5.82 Å². The molecule has 0 N–H and O–H groups in total. The Morgan fingerprint density at radius 3 is 2.64 bits per heavy atom. The number of hydrogen-bond acceptors (Lipinski definition) is 1. The van der Waals surface area contributed by atoms with Gasteiger partial charge in [-0.1, -0.05) is 24.3 Å². The molecule has 0 aliphatic heterocycles. The Morgan fingerprint density at radius 2 is 1.93 bits per heavy atom. The first-order valence-corrected chi connectivity index (χ1v) is 4.37. The lowest BCUT2D eigenvalue weighted by Gasteiger charge is -2.04. The van der Waals surface area contributed by atoms with Crippen molar-refractivity contribution in [1.29, 1.82) is 0 Å². The smallest absolute Gasteiger partial charge is 0.150 e. The fourth-order valence-electron chi connectivity index (χ4n) is 1.61. The maximum absolute atomic E-state index is 13.3. The monoisotopic (exact) mass is 188 g/mol. The minimum absolute atomic E-state index is 0.286. The SMILES string of the molecule is Cc1ccc2c(F)cccc2c1C=O. The molecule has 2 aromatic carbocycles. The van der Waals surface area contributed by atoms with E-state index in [0.717, 1.165) is 11.8 Å². The first-order valence-electron chi connectivity index (χ1n) is 4.37. The van der Waals surface area contributed by atoms with E-state index in [9.17, 15) is 9.18 Å². The average molecular weight is 188 g/mol. The van der Waals surface area contributed by atoms with Crippen molar-refractivity contribution >= 4 is 17.1 Å². The molecule has 2 aromatic rings. The molecule has 2 heteroatoms. The molecule has 2 rings (SSSR count). The molecule has 1 nitrogen and oxygen atoms in total. The summed E-state index contributed by atoms with van der Waals surface area (Å²) in [5.74, 6) is -0.286. The molecule has 0 saturated heterocycles. The van der Waals surface area contributed by atoms with E-state index < -0.39 is 0 Å². The summed E-state index contributed by atoms with van der Waals surface area (Å²) in [6.07, 6.45) is 0.775. The lowest BCUT2D eigenvalue weighted by molar-refractivity contribution is 0.112. The highest BCUT2D eigenvalue weighted by molar-refractivity contribution is 5.99.